The highest BCUT2D eigenvalue weighted by atomic mass is 79.9. The number of halogens is 1. The molecule has 0 saturated carbocycles. The van der Waals surface area contributed by atoms with E-state index in [-0.39, 0.29) is 0 Å². The standard InChI is InChI=1S/C16H34BrN/c1-2-3-4-5-6-7-8-9-10-12-15-18-16-13-11-14-17/h18H,2-16H2,1H3. The lowest BCUT2D eigenvalue weighted by Crippen LogP contribution is -2.16. The van der Waals surface area contributed by atoms with Crippen LogP contribution in [0, 0.1) is 0 Å². The first-order valence-corrected chi connectivity index (χ1v) is 9.30. The molecule has 1 nitrogen and oxygen atoms in total. The second-order valence-electron chi connectivity index (χ2n) is 5.33. The topological polar surface area (TPSA) is 12.0 Å². The van der Waals surface area contributed by atoms with Gasteiger partial charge in [-0.1, -0.05) is 80.6 Å². The lowest BCUT2D eigenvalue weighted by molar-refractivity contribution is 0.540. The molecule has 0 aliphatic carbocycles. The predicted molar refractivity (Wildman–Crippen MR) is 87.7 cm³/mol. The second kappa shape index (κ2) is 17.4. The molecule has 0 aromatic rings. The summed E-state index contributed by atoms with van der Waals surface area (Å²) in [5.74, 6) is 0. The van der Waals surface area contributed by atoms with Crippen molar-refractivity contribution in [3.63, 3.8) is 0 Å². The van der Waals surface area contributed by atoms with Crippen LogP contribution in [0.25, 0.3) is 0 Å². The molecule has 0 atom stereocenters. The lowest BCUT2D eigenvalue weighted by atomic mass is 10.1. The number of hydrogen-bond acceptors (Lipinski definition) is 1. The Labute approximate surface area is 124 Å². The molecule has 0 aliphatic rings. The third-order valence-corrected chi connectivity index (χ3v) is 4.01. The van der Waals surface area contributed by atoms with Crippen molar-refractivity contribution in [2.75, 3.05) is 18.4 Å². The first-order chi connectivity index (χ1) is 8.91. The van der Waals surface area contributed by atoms with E-state index in [0.29, 0.717) is 0 Å². The molecule has 0 unspecified atom stereocenters. The summed E-state index contributed by atoms with van der Waals surface area (Å²) < 4.78 is 0. The van der Waals surface area contributed by atoms with Gasteiger partial charge in [-0.3, -0.25) is 0 Å². The van der Waals surface area contributed by atoms with Crippen LogP contribution in [0.4, 0.5) is 0 Å². The maximum absolute atomic E-state index is 3.52. The van der Waals surface area contributed by atoms with E-state index in [4.69, 9.17) is 0 Å². The van der Waals surface area contributed by atoms with Gasteiger partial charge in [0.05, 0.1) is 0 Å². The predicted octanol–water partition coefficient (Wildman–Crippen LogP) is 5.67. The molecular formula is C16H34BrN. The van der Waals surface area contributed by atoms with Gasteiger partial charge in [-0.15, -0.1) is 0 Å². The summed E-state index contributed by atoms with van der Waals surface area (Å²) in [6.45, 7) is 4.70. The van der Waals surface area contributed by atoms with Crippen LogP contribution < -0.4 is 5.32 Å². The van der Waals surface area contributed by atoms with Gasteiger partial charge in [-0.05, 0) is 32.4 Å². The Bertz CT molecular complexity index is 123. The highest BCUT2D eigenvalue weighted by Crippen LogP contribution is 2.10. The van der Waals surface area contributed by atoms with Gasteiger partial charge in [-0.25, -0.2) is 0 Å². The van der Waals surface area contributed by atoms with E-state index in [1.807, 2.05) is 0 Å². The first kappa shape index (κ1) is 18.4. The minimum absolute atomic E-state index is 1.15. The zero-order valence-electron chi connectivity index (χ0n) is 12.5. The molecule has 0 aliphatic heterocycles. The molecule has 0 amide bonds. The van der Waals surface area contributed by atoms with E-state index in [9.17, 15) is 0 Å². The van der Waals surface area contributed by atoms with Gasteiger partial charge in [-0.2, -0.15) is 0 Å². The van der Waals surface area contributed by atoms with E-state index in [0.717, 1.165) is 5.33 Å². The third kappa shape index (κ3) is 16.4. The molecule has 0 heterocycles. The van der Waals surface area contributed by atoms with Gasteiger partial charge in [0.2, 0.25) is 0 Å². The van der Waals surface area contributed by atoms with Crippen molar-refractivity contribution in [1.82, 2.24) is 5.32 Å². The summed E-state index contributed by atoms with van der Waals surface area (Å²) in [4.78, 5) is 0. The molecule has 1 N–H and O–H groups in total. The average molecular weight is 320 g/mol. The SMILES string of the molecule is CCCCCCCCCCCCNCCCCBr. The lowest BCUT2D eigenvalue weighted by Gasteiger charge is -2.04. The minimum atomic E-state index is 1.15. The van der Waals surface area contributed by atoms with Crippen LogP contribution in [0.5, 0.6) is 0 Å². The van der Waals surface area contributed by atoms with E-state index in [1.54, 1.807) is 0 Å². The van der Waals surface area contributed by atoms with Gasteiger partial charge in [0.15, 0.2) is 0 Å². The van der Waals surface area contributed by atoms with E-state index in [2.05, 4.69) is 28.2 Å². The van der Waals surface area contributed by atoms with E-state index in [1.165, 1.54) is 90.1 Å². The van der Waals surface area contributed by atoms with Crippen molar-refractivity contribution >= 4 is 15.9 Å². The number of unbranched alkanes of at least 4 members (excludes halogenated alkanes) is 10. The summed E-state index contributed by atoms with van der Waals surface area (Å²) in [7, 11) is 0. The fraction of sp³-hybridized carbons (Fsp3) is 1.00. The Morgan fingerprint density at radius 2 is 1.06 bits per heavy atom. The quantitative estimate of drug-likeness (QED) is 0.303. The minimum Gasteiger partial charge on any atom is -0.317 e. The maximum atomic E-state index is 3.52. The van der Waals surface area contributed by atoms with E-state index >= 15 is 0 Å². The molecule has 2 heteroatoms. The van der Waals surface area contributed by atoms with Crippen molar-refractivity contribution in [1.29, 1.82) is 0 Å². The third-order valence-electron chi connectivity index (χ3n) is 3.44. The highest BCUT2D eigenvalue weighted by molar-refractivity contribution is 9.09. The van der Waals surface area contributed by atoms with Crippen LogP contribution in [-0.2, 0) is 0 Å². The first-order valence-electron chi connectivity index (χ1n) is 8.18. The average Bonchev–Trinajstić information content (AvgIpc) is 2.39. The molecule has 0 spiro atoms. The molecule has 0 fully saturated rings. The summed E-state index contributed by atoms with van der Waals surface area (Å²) in [5.41, 5.74) is 0. The summed E-state index contributed by atoms with van der Waals surface area (Å²) in [6, 6.07) is 0. The molecular weight excluding hydrogens is 286 g/mol. The fourth-order valence-electron chi connectivity index (χ4n) is 2.21. The number of nitrogens with one attached hydrogen (secondary N) is 1. The Hall–Kier alpha value is 0.440. The molecule has 0 saturated heterocycles. The number of hydrogen-bond donors (Lipinski definition) is 1. The van der Waals surface area contributed by atoms with Crippen LogP contribution in [0.3, 0.4) is 0 Å². The molecule has 0 rings (SSSR count). The Balaban J connectivity index is 2.86. The van der Waals surface area contributed by atoms with Gasteiger partial charge in [0, 0.05) is 5.33 Å². The molecule has 0 bridgehead atoms. The van der Waals surface area contributed by atoms with Gasteiger partial charge < -0.3 is 5.32 Å². The Kier molecular flexibility index (Phi) is 17.9. The molecule has 0 aromatic carbocycles. The molecule has 18 heavy (non-hydrogen) atoms. The van der Waals surface area contributed by atoms with Crippen LogP contribution in [-0.4, -0.2) is 18.4 Å². The highest BCUT2D eigenvalue weighted by Gasteiger charge is 1.93. The molecule has 0 aromatic heterocycles. The zero-order valence-corrected chi connectivity index (χ0v) is 14.1. The Morgan fingerprint density at radius 1 is 0.611 bits per heavy atom. The van der Waals surface area contributed by atoms with E-state index < -0.39 is 0 Å². The largest absolute Gasteiger partial charge is 0.317 e. The van der Waals surface area contributed by atoms with Crippen molar-refractivity contribution in [3.05, 3.63) is 0 Å². The monoisotopic (exact) mass is 319 g/mol. The van der Waals surface area contributed by atoms with Gasteiger partial charge >= 0.3 is 0 Å². The molecule has 110 valence electrons. The zero-order chi connectivity index (χ0) is 13.3. The fourth-order valence-corrected chi connectivity index (χ4v) is 2.60. The van der Waals surface area contributed by atoms with Gasteiger partial charge in [0.25, 0.3) is 0 Å². The number of rotatable bonds is 15. The molecule has 0 radical (unpaired) electrons. The number of alkyl halides is 1. The van der Waals surface area contributed by atoms with Crippen LogP contribution in [0.15, 0.2) is 0 Å². The second-order valence-corrected chi connectivity index (χ2v) is 6.12. The van der Waals surface area contributed by atoms with Crippen molar-refractivity contribution in [3.8, 4) is 0 Å². The van der Waals surface area contributed by atoms with Crippen LogP contribution in [0.2, 0.25) is 0 Å². The normalized spacial score (nSPS) is 11.0. The summed E-state index contributed by atoms with van der Waals surface area (Å²) in [6.07, 6.45) is 16.9. The Morgan fingerprint density at radius 3 is 1.56 bits per heavy atom. The van der Waals surface area contributed by atoms with Gasteiger partial charge in [0.1, 0.15) is 0 Å². The smallest absolute Gasteiger partial charge is 0.00317 e. The summed E-state index contributed by atoms with van der Waals surface area (Å²) in [5, 5.41) is 4.67. The van der Waals surface area contributed by atoms with Crippen molar-refractivity contribution in [2.45, 2.75) is 84.0 Å². The van der Waals surface area contributed by atoms with Crippen LogP contribution in [0.1, 0.15) is 84.0 Å². The van der Waals surface area contributed by atoms with Crippen LogP contribution >= 0.6 is 15.9 Å². The van der Waals surface area contributed by atoms with Crippen molar-refractivity contribution < 1.29 is 0 Å². The summed E-state index contributed by atoms with van der Waals surface area (Å²) >= 11 is 3.46. The maximum Gasteiger partial charge on any atom is 0.00317 e. The van der Waals surface area contributed by atoms with Crippen molar-refractivity contribution in [2.24, 2.45) is 0 Å².